The number of hydrogen-bond acceptors (Lipinski definition) is 3. The highest BCUT2D eigenvalue weighted by Gasteiger charge is 2.20. The molecule has 4 rings (SSSR count). The number of nitrogens with one attached hydrogen (secondary N) is 2. The highest BCUT2D eigenvalue weighted by molar-refractivity contribution is 5.81. The molecule has 0 spiro atoms. The van der Waals surface area contributed by atoms with Gasteiger partial charge in [-0.05, 0) is 48.7 Å². The van der Waals surface area contributed by atoms with Crippen LogP contribution in [0.25, 0.3) is 17.0 Å². The highest BCUT2D eigenvalue weighted by atomic mass is 15.2. The number of benzene rings is 2. The minimum atomic E-state index is 0.491. The molecular formula is C21H24N4. The lowest BCUT2D eigenvalue weighted by Gasteiger charge is -2.33. The van der Waals surface area contributed by atoms with Crippen LogP contribution in [0.15, 0.2) is 55.2 Å². The van der Waals surface area contributed by atoms with Crippen molar-refractivity contribution in [3.8, 4) is 0 Å². The van der Waals surface area contributed by atoms with Gasteiger partial charge in [0.1, 0.15) is 0 Å². The van der Waals surface area contributed by atoms with Gasteiger partial charge in [0, 0.05) is 30.2 Å². The number of nitrogens with zero attached hydrogens (tertiary/aromatic N) is 2. The second kappa shape index (κ2) is 7.11. The van der Waals surface area contributed by atoms with Crippen LogP contribution in [0.5, 0.6) is 0 Å². The quantitative estimate of drug-likeness (QED) is 0.733. The van der Waals surface area contributed by atoms with Gasteiger partial charge in [-0.3, -0.25) is 10.00 Å². The van der Waals surface area contributed by atoms with E-state index in [2.05, 4.69) is 69.5 Å². The minimum absolute atomic E-state index is 0.491. The Labute approximate surface area is 148 Å². The number of likely N-dealkylation sites (tertiary alicyclic amines) is 1. The molecule has 2 N–H and O–H groups in total. The average molecular weight is 332 g/mol. The molecule has 4 heteroatoms. The largest absolute Gasteiger partial charge is 0.381 e. The fraction of sp³-hybridized carbons (Fsp3) is 0.286. The fourth-order valence-corrected chi connectivity index (χ4v) is 3.60. The molecule has 0 radical (unpaired) electrons. The first kappa shape index (κ1) is 15.9. The molecule has 25 heavy (non-hydrogen) atoms. The van der Waals surface area contributed by atoms with Crippen LogP contribution in [0.2, 0.25) is 0 Å². The molecule has 1 atom stereocenters. The summed E-state index contributed by atoms with van der Waals surface area (Å²) in [7, 11) is 0. The average Bonchev–Trinajstić information content (AvgIpc) is 3.10. The Morgan fingerprint density at radius 2 is 2.12 bits per heavy atom. The van der Waals surface area contributed by atoms with Crippen LogP contribution in [0, 0.1) is 0 Å². The van der Waals surface area contributed by atoms with E-state index < -0.39 is 0 Å². The van der Waals surface area contributed by atoms with E-state index in [1.807, 2.05) is 12.3 Å². The summed E-state index contributed by atoms with van der Waals surface area (Å²) in [4.78, 5) is 2.54. The van der Waals surface area contributed by atoms with Crippen molar-refractivity contribution < 1.29 is 0 Å². The maximum absolute atomic E-state index is 4.09. The van der Waals surface area contributed by atoms with E-state index in [1.54, 1.807) is 0 Å². The lowest BCUT2D eigenvalue weighted by Crippen LogP contribution is -2.41. The van der Waals surface area contributed by atoms with Crippen LogP contribution in [0.4, 0.5) is 5.69 Å². The van der Waals surface area contributed by atoms with Crippen molar-refractivity contribution in [2.24, 2.45) is 0 Å². The van der Waals surface area contributed by atoms with Gasteiger partial charge in [-0.2, -0.15) is 5.10 Å². The van der Waals surface area contributed by atoms with E-state index in [-0.39, 0.29) is 0 Å². The number of hydrogen-bond donors (Lipinski definition) is 2. The van der Waals surface area contributed by atoms with Gasteiger partial charge in [0.2, 0.25) is 0 Å². The van der Waals surface area contributed by atoms with E-state index in [9.17, 15) is 0 Å². The number of rotatable bonds is 5. The number of piperidine rings is 1. The summed E-state index contributed by atoms with van der Waals surface area (Å²) in [6, 6.07) is 15.6. The Kier molecular flexibility index (Phi) is 4.53. The Morgan fingerprint density at radius 3 is 2.96 bits per heavy atom. The zero-order valence-corrected chi connectivity index (χ0v) is 14.4. The van der Waals surface area contributed by atoms with Crippen molar-refractivity contribution in [2.75, 3.05) is 18.4 Å². The maximum Gasteiger partial charge on any atom is 0.0651 e. The van der Waals surface area contributed by atoms with Crippen LogP contribution in [-0.2, 0) is 6.54 Å². The molecule has 0 saturated carbocycles. The summed E-state index contributed by atoms with van der Waals surface area (Å²) in [5.41, 5.74) is 4.80. The smallest absolute Gasteiger partial charge is 0.0651 e. The number of H-pyrrole nitrogens is 1. The van der Waals surface area contributed by atoms with Gasteiger partial charge in [-0.15, -0.1) is 0 Å². The van der Waals surface area contributed by atoms with Crippen LogP contribution < -0.4 is 5.32 Å². The van der Waals surface area contributed by atoms with Gasteiger partial charge in [0.05, 0.1) is 11.7 Å². The first-order valence-corrected chi connectivity index (χ1v) is 8.93. The first-order valence-electron chi connectivity index (χ1n) is 8.93. The van der Waals surface area contributed by atoms with Crippen LogP contribution in [0.1, 0.15) is 24.0 Å². The summed E-state index contributed by atoms with van der Waals surface area (Å²) in [5, 5.41) is 11.9. The Balaban J connectivity index is 1.38. The van der Waals surface area contributed by atoms with E-state index in [4.69, 9.17) is 0 Å². The molecule has 0 aliphatic carbocycles. The predicted molar refractivity (Wildman–Crippen MR) is 105 cm³/mol. The van der Waals surface area contributed by atoms with Crippen molar-refractivity contribution in [3.63, 3.8) is 0 Å². The van der Waals surface area contributed by atoms with Crippen LogP contribution in [-0.4, -0.2) is 34.2 Å². The molecule has 1 fully saturated rings. The molecule has 1 aromatic heterocycles. The standard InChI is InChI=1S/C21H24N4/c1-2-16-5-7-17(8-6-16)14-25-11-3-4-20(15-25)23-19-9-10-21-18(12-19)13-22-24-21/h2,5-10,12-13,20,23H,1,3-4,11,14-15H2,(H,22,24)/t20-/m1/s1. The van der Waals surface area contributed by atoms with Gasteiger partial charge in [-0.1, -0.05) is 36.9 Å². The number of anilines is 1. The van der Waals surface area contributed by atoms with Crippen LogP contribution >= 0.6 is 0 Å². The summed E-state index contributed by atoms with van der Waals surface area (Å²) >= 11 is 0. The fourth-order valence-electron chi connectivity index (χ4n) is 3.60. The van der Waals surface area contributed by atoms with Crippen LogP contribution in [0.3, 0.4) is 0 Å². The molecule has 2 heterocycles. The molecule has 128 valence electrons. The van der Waals surface area contributed by atoms with Crippen molar-refractivity contribution >= 4 is 22.7 Å². The third-order valence-electron chi connectivity index (χ3n) is 4.94. The van der Waals surface area contributed by atoms with E-state index >= 15 is 0 Å². The molecule has 4 nitrogen and oxygen atoms in total. The molecular weight excluding hydrogens is 308 g/mol. The molecule has 3 aromatic rings. The lowest BCUT2D eigenvalue weighted by molar-refractivity contribution is 0.208. The highest BCUT2D eigenvalue weighted by Crippen LogP contribution is 2.21. The number of aromatic amines is 1. The van der Waals surface area contributed by atoms with E-state index in [0.717, 1.165) is 24.0 Å². The molecule has 1 aliphatic heterocycles. The molecule has 0 unspecified atom stereocenters. The molecule has 1 saturated heterocycles. The Morgan fingerprint density at radius 1 is 1.24 bits per heavy atom. The number of fused-ring (bicyclic) bond motifs is 1. The molecule has 2 aromatic carbocycles. The maximum atomic E-state index is 4.09. The van der Waals surface area contributed by atoms with Gasteiger partial charge >= 0.3 is 0 Å². The van der Waals surface area contributed by atoms with Gasteiger partial charge in [-0.25, -0.2) is 0 Å². The second-order valence-corrected chi connectivity index (χ2v) is 6.84. The monoisotopic (exact) mass is 332 g/mol. The summed E-state index contributed by atoms with van der Waals surface area (Å²) in [6.07, 6.45) is 6.22. The predicted octanol–water partition coefficient (Wildman–Crippen LogP) is 4.28. The first-order chi connectivity index (χ1) is 12.3. The summed E-state index contributed by atoms with van der Waals surface area (Å²) in [5.74, 6) is 0. The van der Waals surface area contributed by atoms with Crippen molar-refractivity contribution in [2.45, 2.75) is 25.4 Å². The van der Waals surface area contributed by atoms with Crippen molar-refractivity contribution in [1.29, 1.82) is 0 Å². The zero-order chi connectivity index (χ0) is 17.1. The van der Waals surface area contributed by atoms with E-state index in [0.29, 0.717) is 6.04 Å². The lowest BCUT2D eigenvalue weighted by atomic mass is 10.0. The Bertz CT molecular complexity index is 850. The SMILES string of the molecule is C=Cc1ccc(CN2CCC[C@@H](Nc3ccc4[nH]ncc4c3)C2)cc1. The Hall–Kier alpha value is -2.59. The topological polar surface area (TPSA) is 44.0 Å². The third kappa shape index (κ3) is 3.74. The number of aromatic nitrogens is 2. The zero-order valence-electron chi connectivity index (χ0n) is 14.4. The van der Waals surface area contributed by atoms with E-state index in [1.165, 1.54) is 36.2 Å². The second-order valence-electron chi connectivity index (χ2n) is 6.84. The summed E-state index contributed by atoms with van der Waals surface area (Å²) < 4.78 is 0. The van der Waals surface area contributed by atoms with Gasteiger partial charge in [0.25, 0.3) is 0 Å². The van der Waals surface area contributed by atoms with Crippen molar-refractivity contribution in [3.05, 3.63) is 66.4 Å². The van der Waals surface area contributed by atoms with Gasteiger partial charge < -0.3 is 5.32 Å². The minimum Gasteiger partial charge on any atom is -0.381 e. The van der Waals surface area contributed by atoms with Gasteiger partial charge in [0.15, 0.2) is 0 Å². The molecule has 0 amide bonds. The molecule has 1 aliphatic rings. The molecule has 0 bridgehead atoms. The summed E-state index contributed by atoms with van der Waals surface area (Å²) in [6.45, 7) is 7.07. The normalized spacial score (nSPS) is 18.3. The van der Waals surface area contributed by atoms with Crippen molar-refractivity contribution in [1.82, 2.24) is 15.1 Å². The third-order valence-corrected chi connectivity index (χ3v) is 4.94.